The molecule has 2 aliphatic rings. The summed E-state index contributed by atoms with van der Waals surface area (Å²) in [5.74, 6) is 0.775. The number of amides is 1. The van der Waals surface area contributed by atoms with Gasteiger partial charge in [0, 0.05) is 13.1 Å². The number of likely N-dealkylation sites (N-methyl/N-ethyl adjacent to an activating group) is 1. The Kier molecular flexibility index (Phi) is 2.75. The molecule has 1 amide bonds. The SMILES string of the molecule is CC1CCCC(N)(C(=O)N(C)C2CC2)C1. The highest BCUT2D eigenvalue weighted by Crippen LogP contribution is 2.34. The quantitative estimate of drug-likeness (QED) is 0.751. The van der Waals surface area contributed by atoms with Gasteiger partial charge in [0.25, 0.3) is 0 Å². The van der Waals surface area contributed by atoms with Crippen LogP contribution in [0.4, 0.5) is 0 Å². The highest BCUT2D eigenvalue weighted by Gasteiger charge is 2.42. The van der Waals surface area contributed by atoms with Crippen LogP contribution in [-0.2, 0) is 4.79 Å². The van der Waals surface area contributed by atoms with Gasteiger partial charge in [-0.3, -0.25) is 4.79 Å². The second kappa shape index (κ2) is 3.78. The molecule has 0 saturated heterocycles. The molecule has 86 valence electrons. The number of hydrogen-bond donors (Lipinski definition) is 1. The summed E-state index contributed by atoms with van der Waals surface area (Å²) in [7, 11) is 1.91. The second-order valence-electron chi connectivity index (χ2n) is 5.50. The van der Waals surface area contributed by atoms with Crippen molar-refractivity contribution >= 4 is 5.91 Å². The summed E-state index contributed by atoms with van der Waals surface area (Å²) in [5, 5.41) is 0. The molecule has 3 nitrogen and oxygen atoms in total. The van der Waals surface area contributed by atoms with Gasteiger partial charge in [-0.1, -0.05) is 19.8 Å². The standard InChI is InChI=1S/C12H22N2O/c1-9-4-3-7-12(13,8-9)11(15)14(2)10-5-6-10/h9-10H,3-8,13H2,1-2H3. The third-order valence-corrected chi connectivity index (χ3v) is 3.87. The van der Waals surface area contributed by atoms with E-state index in [4.69, 9.17) is 5.73 Å². The molecule has 2 saturated carbocycles. The number of carbonyl (C=O) groups is 1. The van der Waals surface area contributed by atoms with Crippen molar-refractivity contribution in [2.75, 3.05) is 7.05 Å². The summed E-state index contributed by atoms with van der Waals surface area (Å²) >= 11 is 0. The van der Waals surface area contributed by atoms with Crippen molar-refractivity contribution in [2.24, 2.45) is 11.7 Å². The fourth-order valence-electron chi connectivity index (χ4n) is 2.77. The predicted molar refractivity (Wildman–Crippen MR) is 60.3 cm³/mol. The Hall–Kier alpha value is -0.570. The van der Waals surface area contributed by atoms with E-state index in [0.717, 1.165) is 32.1 Å². The van der Waals surface area contributed by atoms with Gasteiger partial charge in [-0.2, -0.15) is 0 Å². The lowest BCUT2D eigenvalue weighted by atomic mass is 9.76. The molecule has 2 unspecified atom stereocenters. The lowest BCUT2D eigenvalue weighted by molar-refractivity contribution is -0.138. The molecule has 0 spiro atoms. The Labute approximate surface area is 92.0 Å². The lowest BCUT2D eigenvalue weighted by Crippen LogP contribution is -2.57. The van der Waals surface area contributed by atoms with Crippen molar-refractivity contribution in [3.63, 3.8) is 0 Å². The summed E-state index contributed by atoms with van der Waals surface area (Å²) in [4.78, 5) is 14.1. The molecule has 0 radical (unpaired) electrons. The zero-order valence-corrected chi connectivity index (χ0v) is 9.83. The monoisotopic (exact) mass is 210 g/mol. The molecule has 2 N–H and O–H groups in total. The van der Waals surface area contributed by atoms with E-state index in [2.05, 4.69) is 6.92 Å². The van der Waals surface area contributed by atoms with Crippen LogP contribution in [0.25, 0.3) is 0 Å². The van der Waals surface area contributed by atoms with Crippen molar-refractivity contribution in [3.05, 3.63) is 0 Å². The van der Waals surface area contributed by atoms with Crippen molar-refractivity contribution in [1.82, 2.24) is 4.90 Å². The third kappa shape index (κ3) is 2.17. The maximum absolute atomic E-state index is 12.2. The summed E-state index contributed by atoms with van der Waals surface area (Å²) in [5.41, 5.74) is 5.71. The van der Waals surface area contributed by atoms with Crippen LogP contribution in [0.3, 0.4) is 0 Å². The van der Waals surface area contributed by atoms with E-state index in [1.54, 1.807) is 0 Å². The van der Waals surface area contributed by atoms with E-state index < -0.39 is 5.54 Å². The van der Waals surface area contributed by atoms with Crippen molar-refractivity contribution in [1.29, 1.82) is 0 Å². The molecule has 0 aromatic rings. The van der Waals surface area contributed by atoms with Gasteiger partial charge in [0.15, 0.2) is 0 Å². The average Bonchev–Trinajstić information content (AvgIpc) is 2.98. The summed E-state index contributed by atoms with van der Waals surface area (Å²) < 4.78 is 0. The van der Waals surface area contributed by atoms with Crippen LogP contribution in [0.2, 0.25) is 0 Å². The molecule has 2 atom stereocenters. The van der Waals surface area contributed by atoms with Gasteiger partial charge in [-0.25, -0.2) is 0 Å². The summed E-state index contributed by atoms with van der Waals surface area (Å²) in [6, 6.07) is 0.482. The predicted octanol–water partition coefficient (Wildman–Crippen LogP) is 1.51. The van der Waals surface area contributed by atoms with Gasteiger partial charge < -0.3 is 10.6 Å². The second-order valence-corrected chi connectivity index (χ2v) is 5.50. The van der Waals surface area contributed by atoms with Crippen LogP contribution >= 0.6 is 0 Å². The highest BCUT2D eigenvalue weighted by atomic mass is 16.2. The van der Waals surface area contributed by atoms with Gasteiger partial charge in [-0.15, -0.1) is 0 Å². The van der Waals surface area contributed by atoms with E-state index in [-0.39, 0.29) is 5.91 Å². The molecule has 0 aliphatic heterocycles. The first kappa shape index (κ1) is 10.9. The molecule has 2 rings (SSSR count). The maximum atomic E-state index is 12.2. The van der Waals surface area contributed by atoms with Gasteiger partial charge in [0.05, 0.1) is 5.54 Å². The van der Waals surface area contributed by atoms with E-state index in [9.17, 15) is 4.79 Å². The molecule has 3 heteroatoms. The van der Waals surface area contributed by atoms with Gasteiger partial charge in [0.2, 0.25) is 5.91 Å². The summed E-state index contributed by atoms with van der Waals surface area (Å²) in [6.07, 6.45) is 6.37. The van der Waals surface area contributed by atoms with Crippen molar-refractivity contribution < 1.29 is 4.79 Å². The molecule has 0 aromatic carbocycles. The van der Waals surface area contributed by atoms with Gasteiger partial charge in [0.1, 0.15) is 0 Å². The fourth-order valence-corrected chi connectivity index (χ4v) is 2.77. The van der Waals surface area contributed by atoms with E-state index in [1.165, 1.54) is 6.42 Å². The summed E-state index contributed by atoms with van der Waals surface area (Å²) in [6.45, 7) is 2.20. The first-order valence-electron chi connectivity index (χ1n) is 6.09. The number of nitrogens with two attached hydrogens (primary N) is 1. The number of nitrogens with zero attached hydrogens (tertiary/aromatic N) is 1. The average molecular weight is 210 g/mol. The number of hydrogen-bond acceptors (Lipinski definition) is 2. The maximum Gasteiger partial charge on any atom is 0.242 e. The van der Waals surface area contributed by atoms with Crippen LogP contribution in [-0.4, -0.2) is 29.4 Å². The Morgan fingerprint density at radius 1 is 1.40 bits per heavy atom. The van der Waals surface area contributed by atoms with Gasteiger partial charge >= 0.3 is 0 Å². The zero-order valence-electron chi connectivity index (χ0n) is 9.83. The molecule has 2 aliphatic carbocycles. The Balaban J connectivity index is 2.02. The Morgan fingerprint density at radius 3 is 2.60 bits per heavy atom. The van der Waals surface area contributed by atoms with Crippen molar-refractivity contribution in [2.45, 2.75) is 57.0 Å². The normalized spacial score (nSPS) is 36.3. The van der Waals surface area contributed by atoms with Crippen molar-refractivity contribution in [3.8, 4) is 0 Å². The van der Waals surface area contributed by atoms with Crippen LogP contribution in [0.15, 0.2) is 0 Å². The van der Waals surface area contributed by atoms with Crippen LogP contribution < -0.4 is 5.73 Å². The minimum absolute atomic E-state index is 0.177. The minimum Gasteiger partial charge on any atom is -0.341 e. The van der Waals surface area contributed by atoms with Crippen LogP contribution in [0.1, 0.15) is 45.4 Å². The third-order valence-electron chi connectivity index (χ3n) is 3.87. The van der Waals surface area contributed by atoms with E-state index >= 15 is 0 Å². The fraction of sp³-hybridized carbons (Fsp3) is 0.917. The molecule has 0 heterocycles. The number of rotatable bonds is 2. The molecule has 15 heavy (non-hydrogen) atoms. The first-order valence-corrected chi connectivity index (χ1v) is 6.09. The zero-order chi connectivity index (χ0) is 11.1. The van der Waals surface area contributed by atoms with E-state index in [1.807, 2.05) is 11.9 Å². The van der Waals surface area contributed by atoms with Gasteiger partial charge in [-0.05, 0) is 31.6 Å². The smallest absolute Gasteiger partial charge is 0.242 e. The first-order chi connectivity index (χ1) is 7.03. The number of carbonyl (C=O) groups excluding carboxylic acids is 1. The highest BCUT2D eigenvalue weighted by molar-refractivity contribution is 5.86. The topological polar surface area (TPSA) is 46.3 Å². The lowest BCUT2D eigenvalue weighted by Gasteiger charge is -2.38. The minimum atomic E-state index is -0.561. The van der Waals surface area contributed by atoms with E-state index in [0.29, 0.717) is 12.0 Å². The molecular weight excluding hydrogens is 188 g/mol. The molecular formula is C12H22N2O. The molecule has 0 aromatic heterocycles. The largest absolute Gasteiger partial charge is 0.341 e. The molecule has 0 bridgehead atoms. The Morgan fingerprint density at radius 2 is 2.07 bits per heavy atom. The molecule has 2 fully saturated rings. The van der Waals surface area contributed by atoms with Crippen LogP contribution in [0, 0.1) is 5.92 Å². The van der Waals surface area contributed by atoms with Crippen LogP contribution in [0.5, 0.6) is 0 Å². The Bertz CT molecular complexity index is 262.